The summed E-state index contributed by atoms with van der Waals surface area (Å²) in [6.07, 6.45) is 2.62. The van der Waals surface area contributed by atoms with Crippen molar-refractivity contribution < 1.29 is 9.59 Å². The largest absolute Gasteiger partial charge is 0.349 e. The Labute approximate surface area is 101 Å². The monoisotopic (exact) mass is 231 g/mol. The smallest absolute Gasteiger partial charge is 0.223 e. The second kappa shape index (κ2) is 5.13. The zero-order chi connectivity index (χ0) is 12.3. The number of fused-ring (bicyclic) bond motifs is 1. The molecule has 0 aromatic heterocycles. The molecule has 0 fully saturated rings. The number of carbonyl (C=O) groups excluding carboxylic acids is 2. The maximum atomic E-state index is 11.8. The molecule has 3 heteroatoms. The first-order valence-electron chi connectivity index (χ1n) is 6.00. The lowest BCUT2D eigenvalue weighted by Gasteiger charge is -2.23. The van der Waals surface area contributed by atoms with Crippen LogP contribution in [0, 0.1) is 5.92 Å². The first-order chi connectivity index (χ1) is 8.16. The summed E-state index contributed by atoms with van der Waals surface area (Å²) in [7, 11) is 0. The Morgan fingerprint density at radius 3 is 2.71 bits per heavy atom. The van der Waals surface area contributed by atoms with E-state index in [1.165, 1.54) is 18.1 Å². The molecule has 0 radical (unpaired) electrons. The lowest BCUT2D eigenvalue weighted by molar-refractivity contribution is -0.127. The number of hydrogen-bond acceptors (Lipinski definition) is 2. The van der Waals surface area contributed by atoms with Gasteiger partial charge in [0.1, 0.15) is 5.78 Å². The number of rotatable bonds is 3. The average Bonchev–Trinajstić information content (AvgIpc) is 2.35. The Kier molecular flexibility index (Phi) is 3.57. The second-order valence-electron chi connectivity index (χ2n) is 4.63. The molecule has 2 rings (SSSR count). The van der Waals surface area contributed by atoms with Gasteiger partial charge in [0.25, 0.3) is 0 Å². The third-order valence-corrected chi connectivity index (χ3v) is 3.23. The molecule has 1 aliphatic rings. The molecule has 17 heavy (non-hydrogen) atoms. The van der Waals surface area contributed by atoms with E-state index in [1.807, 2.05) is 12.1 Å². The van der Waals surface area contributed by atoms with Crippen molar-refractivity contribution in [1.29, 1.82) is 0 Å². The van der Waals surface area contributed by atoms with Gasteiger partial charge in [-0.15, -0.1) is 0 Å². The molecule has 0 heterocycles. The third kappa shape index (κ3) is 2.93. The minimum absolute atomic E-state index is 0.00504. The van der Waals surface area contributed by atoms with Crippen LogP contribution in [0.2, 0.25) is 0 Å². The molecule has 0 saturated carbocycles. The summed E-state index contributed by atoms with van der Waals surface area (Å²) in [5.41, 5.74) is 2.62. The van der Waals surface area contributed by atoms with Crippen LogP contribution in [0.3, 0.4) is 0 Å². The fraction of sp³-hybridized carbons (Fsp3) is 0.429. The molecule has 1 aromatic carbocycles. The molecule has 1 atom stereocenters. The Morgan fingerprint density at radius 1 is 1.29 bits per heavy atom. The Balaban J connectivity index is 1.97. The molecule has 0 saturated heterocycles. The summed E-state index contributed by atoms with van der Waals surface area (Å²) >= 11 is 0. The highest BCUT2D eigenvalue weighted by atomic mass is 16.2. The van der Waals surface area contributed by atoms with E-state index in [1.54, 1.807) is 0 Å². The zero-order valence-corrected chi connectivity index (χ0v) is 10.0. The molecular formula is C14H17NO2. The third-order valence-electron chi connectivity index (χ3n) is 3.23. The fourth-order valence-electron chi connectivity index (χ4n) is 2.28. The van der Waals surface area contributed by atoms with Crippen LogP contribution in [0.5, 0.6) is 0 Å². The molecule has 1 N–H and O–H groups in total. The standard InChI is InChI=1S/C14H17NO2/c1-10(16)9-15-14(17)13-7-6-11-4-2-3-5-12(11)8-13/h2-5,13H,6-9H2,1H3,(H,15,17). The van der Waals surface area contributed by atoms with Crippen LogP contribution in [0.25, 0.3) is 0 Å². The first kappa shape index (κ1) is 11.8. The van der Waals surface area contributed by atoms with Gasteiger partial charge >= 0.3 is 0 Å². The molecule has 0 bridgehead atoms. The fourth-order valence-corrected chi connectivity index (χ4v) is 2.28. The molecule has 1 aliphatic carbocycles. The van der Waals surface area contributed by atoms with E-state index in [-0.39, 0.29) is 24.2 Å². The van der Waals surface area contributed by atoms with Crippen molar-refractivity contribution in [2.24, 2.45) is 5.92 Å². The molecule has 1 unspecified atom stereocenters. The minimum Gasteiger partial charge on any atom is -0.349 e. The highest BCUT2D eigenvalue weighted by Gasteiger charge is 2.24. The summed E-state index contributed by atoms with van der Waals surface area (Å²) < 4.78 is 0. The number of carbonyl (C=O) groups is 2. The Morgan fingerprint density at radius 2 is 2.00 bits per heavy atom. The van der Waals surface area contributed by atoms with Crippen LogP contribution in [0.15, 0.2) is 24.3 Å². The summed E-state index contributed by atoms with van der Waals surface area (Å²) in [6, 6.07) is 8.25. The quantitative estimate of drug-likeness (QED) is 0.856. The van der Waals surface area contributed by atoms with Gasteiger partial charge in [0.2, 0.25) is 5.91 Å². The number of nitrogens with one attached hydrogen (secondary N) is 1. The average molecular weight is 231 g/mol. The van der Waals surface area contributed by atoms with Crippen LogP contribution >= 0.6 is 0 Å². The van der Waals surface area contributed by atoms with Gasteiger partial charge in [0, 0.05) is 5.92 Å². The Hall–Kier alpha value is -1.64. The van der Waals surface area contributed by atoms with Gasteiger partial charge < -0.3 is 5.32 Å². The van der Waals surface area contributed by atoms with Gasteiger partial charge in [-0.1, -0.05) is 24.3 Å². The highest BCUT2D eigenvalue weighted by Crippen LogP contribution is 2.25. The van der Waals surface area contributed by atoms with Crippen LogP contribution < -0.4 is 5.32 Å². The van der Waals surface area contributed by atoms with E-state index in [2.05, 4.69) is 17.4 Å². The van der Waals surface area contributed by atoms with Crippen molar-refractivity contribution in [3.8, 4) is 0 Å². The summed E-state index contributed by atoms with van der Waals surface area (Å²) in [5.74, 6) is 0.0218. The Bertz CT molecular complexity index is 440. The van der Waals surface area contributed by atoms with Crippen molar-refractivity contribution in [2.75, 3.05) is 6.54 Å². The summed E-state index contributed by atoms with van der Waals surface area (Å²) in [6.45, 7) is 1.63. The maximum Gasteiger partial charge on any atom is 0.223 e. The first-order valence-corrected chi connectivity index (χ1v) is 6.00. The van der Waals surface area contributed by atoms with E-state index < -0.39 is 0 Å². The molecule has 0 aliphatic heterocycles. The lowest BCUT2D eigenvalue weighted by Crippen LogP contribution is -2.36. The van der Waals surface area contributed by atoms with E-state index in [9.17, 15) is 9.59 Å². The van der Waals surface area contributed by atoms with Gasteiger partial charge in [-0.05, 0) is 37.3 Å². The normalized spacial score (nSPS) is 18.3. The van der Waals surface area contributed by atoms with Crippen LogP contribution in [-0.2, 0) is 22.4 Å². The molecular weight excluding hydrogens is 214 g/mol. The SMILES string of the molecule is CC(=O)CNC(=O)C1CCc2ccccc2C1. The predicted molar refractivity (Wildman–Crippen MR) is 65.6 cm³/mol. The topological polar surface area (TPSA) is 46.2 Å². The summed E-state index contributed by atoms with van der Waals surface area (Å²) in [5, 5.41) is 2.69. The maximum absolute atomic E-state index is 11.8. The number of amides is 1. The number of ketones is 1. The van der Waals surface area contributed by atoms with Crippen molar-refractivity contribution in [3.63, 3.8) is 0 Å². The van der Waals surface area contributed by atoms with Gasteiger partial charge in [-0.25, -0.2) is 0 Å². The predicted octanol–water partition coefficient (Wildman–Crippen LogP) is 1.50. The minimum atomic E-state index is -0.00504. The van der Waals surface area contributed by atoms with Crippen LogP contribution in [0.1, 0.15) is 24.5 Å². The van der Waals surface area contributed by atoms with Gasteiger partial charge in [0.05, 0.1) is 6.54 Å². The molecule has 90 valence electrons. The van der Waals surface area contributed by atoms with Gasteiger partial charge in [-0.2, -0.15) is 0 Å². The number of hydrogen-bond donors (Lipinski definition) is 1. The van der Waals surface area contributed by atoms with E-state index in [4.69, 9.17) is 0 Å². The number of benzene rings is 1. The highest BCUT2D eigenvalue weighted by molar-refractivity contribution is 5.85. The van der Waals surface area contributed by atoms with E-state index in [0.717, 1.165) is 19.3 Å². The molecule has 1 amide bonds. The molecule has 1 aromatic rings. The number of aryl methyl sites for hydroxylation is 1. The van der Waals surface area contributed by atoms with Gasteiger partial charge in [0.15, 0.2) is 0 Å². The van der Waals surface area contributed by atoms with Crippen LogP contribution in [-0.4, -0.2) is 18.2 Å². The lowest BCUT2D eigenvalue weighted by atomic mass is 9.83. The van der Waals surface area contributed by atoms with Crippen molar-refractivity contribution >= 4 is 11.7 Å². The molecule has 0 spiro atoms. The summed E-state index contributed by atoms with van der Waals surface area (Å²) in [4.78, 5) is 22.7. The van der Waals surface area contributed by atoms with Crippen LogP contribution in [0.4, 0.5) is 0 Å². The second-order valence-corrected chi connectivity index (χ2v) is 4.63. The number of Topliss-reactive ketones (excluding diaryl/α,β-unsaturated/α-hetero) is 1. The van der Waals surface area contributed by atoms with Gasteiger partial charge in [-0.3, -0.25) is 9.59 Å². The zero-order valence-electron chi connectivity index (χ0n) is 10.0. The molecule has 3 nitrogen and oxygen atoms in total. The van der Waals surface area contributed by atoms with Crippen molar-refractivity contribution in [2.45, 2.75) is 26.2 Å². The van der Waals surface area contributed by atoms with E-state index >= 15 is 0 Å². The van der Waals surface area contributed by atoms with Crippen molar-refractivity contribution in [3.05, 3.63) is 35.4 Å². The van der Waals surface area contributed by atoms with E-state index in [0.29, 0.717) is 0 Å². The van der Waals surface area contributed by atoms with Crippen molar-refractivity contribution in [1.82, 2.24) is 5.32 Å².